The highest BCUT2D eigenvalue weighted by molar-refractivity contribution is 6.25. The zero-order chi connectivity index (χ0) is 34.6. The van der Waals surface area contributed by atoms with E-state index in [4.69, 9.17) is 4.98 Å². The van der Waals surface area contributed by atoms with Crippen molar-refractivity contribution in [3.05, 3.63) is 181 Å². The second-order valence-corrected chi connectivity index (χ2v) is 14.8. The number of nitrogens with zero attached hydrogens (tertiary/aromatic N) is 2. The van der Waals surface area contributed by atoms with Gasteiger partial charge in [0.2, 0.25) is 0 Å². The number of imidazole rings is 1. The summed E-state index contributed by atoms with van der Waals surface area (Å²) in [6, 6.07) is 62.4. The van der Waals surface area contributed by atoms with E-state index in [2.05, 4.69) is 188 Å². The van der Waals surface area contributed by atoms with Crippen LogP contribution < -0.4 is 0 Å². The fourth-order valence-corrected chi connectivity index (χ4v) is 8.97. The van der Waals surface area contributed by atoms with Gasteiger partial charge in [0.25, 0.3) is 0 Å². The minimum atomic E-state index is -0.0788. The van der Waals surface area contributed by atoms with Crippen LogP contribution in [-0.4, -0.2) is 9.55 Å². The van der Waals surface area contributed by atoms with Gasteiger partial charge in [-0.25, -0.2) is 4.98 Å². The van der Waals surface area contributed by atoms with Crippen LogP contribution in [0, 0.1) is 0 Å². The predicted molar refractivity (Wildman–Crippen MR) is 219 cm³/mol. The summed E-state index contributed by atoms with van der Waals surface area (Å²) in [5.41, 5.74) is 14.6. The molecule has 1 heterocycles. The van der Waals surface area contributed by atoms with E-state index in [1.165, 1.54) is 76.8 Å². The highest BCUT2D eigenvalue weighted by Crippen LogP contribution is 2.51. The first kappa shape index (κ1) is 29.2. The van der Waals surface area contributed by atoms with E-state index in [0.29, 0.717) is 0 Å². The van der Waals surface area contributed by atoms with Gasteiger partial charge in [0.15, 0.2) is 0 Å². The van der Waals surface area contributed by atoms with Gasteiger partial charge in [-0.3, -0.25) is 4.57 Å². The number of aromatic nitrogens is 2. The first-order valence-corrected chi connectivity index (χ1v) is 18.1. The van der Waals surface area contributed by atoms with Crippen molar-refractivity contribution in [3.8, 4) is 50.5 Å². The van der Waals surface area contributed by atoms with Crippen LogP contribution in [0.3, 0.4) is 0 Å². The molecule has 1 aromatic heterocycles. The monoisotopic (exact) mass is 662 g/mol. The molecule has 1 aliphatic carbocycles. The van der Waals surface area contributed by atoms with Crippen molar-refractivity contribution < 1.29 is 0 Å². The fraction of sp³-hybridized carbons (Fsp3) is 0.0600. The Bertz CT molecular complexity index is 3000. The highest BCUT2D eigenvalue weighted by Gasteiger charge is 2.35. The van der Waals surface area contributed by atoms with Crippen molar-refractivity contribution in [2.24, 2.45) is 0 Å². The summed E-state index contributed by atoms with van der Waals surface area (Å²) < 4.78 is 2.27. The lowest BCUT2D eigenvalue weighted by Crippen LogP contribution is -2.14. The van der Waals surface area contributed by atoms with Gasteiger partial charge in [-0.1, -0.05) is 147 Å². The molecule has 0 fully saturated rings. The third-order valence-electron chi connectivity index (χ3n) is 11.6. The average Bonchev–Trinajstić information content (AvgIpc) is 3.69. The first-order valence-electron chi connectivity index (χ1n) is 18.1. The Morgan fingerprint density at radius 2 is 1.06 bits per heavy atom. The number of fused-ring (bicyclic) bond motifs is 4. The van der Waals surface area contributed by atoms with Gasteiger partial charge in [-0.15, -0.1) is 0 Å². The summed E-state index contributed by atoms with van der Waals surface area (Å²) in [6.45, 7) is 4.73. The molecule has 244 valence electrons. The van der Waals surface area contributed by atoms with Crippen LogP contribution in [0.4, 0.5) is 0 Å². The summed E-state index contributed by atoms with van der Waals surface area (Å²) in [5, 5.41) is 7.93. The quantitative estimate of drug-likeness (QED) is 0.172. The summed E-state index contributed by atoms with van der Waals surface area (Å²) in [5.74, 6) is 0.950. The van der Waals surface area contributed by atoms with Crippen molar-refractivity contribution in [3.63, 3.8) is 0 Å². The molecule has 0 spiro atoms. The van der Waals surface area contributed by atoms with E-state index in [0.717, 1.165) is 28.1 Å². The first-order chi connectivity index (χ1) is 25.5. The van der Waals surface area contributed by atoms with E-state index in [9.17, 15) is 0 Å². The molecule has 0 aliphatic heterocycles. The molecule has 52 heavy (non-hydrogen) atoms. The lowest BCUT2D eigenvalue weighted by molar-refractivity contribution is 0.660. The van der Waals surface area contributed by atoms with E-state index < -0.39 is 0 Å². The van der Waals surface area contributed by atoms with Crippen molar-refractivity contribution in [2.45, 2.75) is 19.3 Å². The zero-order valence-electron chi connectivity index (χ0n) is 29.1. The van der Waals surface area contributed by atoms with E-state index in [-0.39, 0.29) is 5.41 Å². The number of para-hydroxylation sites is 2. The topological polar surface area (TPSA) is 17.8 Å². The van der Waals surface area contributed by atoms with Gasteiger partial charge in [0.05, 0.1) is 11.0 Å². The van der Waals surface area contributed by atoms with Crippen molar-refractivity contribution in [1.29, 1.82) is 0 Å². The molecule has 2 nitrogen and oxygen atoms in total. The van der Waals surface area contributed by atoms with Crippen molar-refractivity contribution in [1.82, 2.24) is 9.55 Å². The van der Waals surface area contributed by atoms with Crippen LogP contribution in [-0.2, 0) is 5.41 Å². The van der Waals surface area contributed by atoms with Gasteiger partial charge in [-0.05, 0) is 113 Å². The Labute approximate surface area is 302 Å². The Morgan fingerprint density at radius 3 is 1.83 bits per heavy atom. The fourth-order valence-electron chi connectivity index (χ4n) is 8.97. The van der Waals surface area contributed by atoms with Crippen LogP contribution in [0.5, 0.6) is 0 Å². The van der Waals surface area contributed by atoms with Gasteiger partial charge in [-0.2, -0.15) is 0 Å². The largest absolute Gasteiger partial charge is 0.292 e. The molecule has 0 bridgehead atoms. The molecule has 1 aliphatic rings. The molecular weight excluding hydrogens is 629 g/mol. The Balaban J connectivity index is 1.02. The molecular formula is C50H34N2. The Kier molecular flexibility index (Phi) is 6.04. The van der Waals surface area contributed by atoms with Gasteiger partial charge in [0.1, 0.15) is 5.82 Å². The van der Waals surface area contributed by atoms with Gasteiger partial charge < -0.3 is 0 Å². The summed E-state index contributed by atoms with van der Waals surface area (Å²) >= 11 is 0. The maximum Gasteiger partial charge on any atom is 0.145 e. The van der Waals surface area contributed by atoms with Crippen LogP contribution >= 0.6 is 0 Å². The minimum absolute atomic E-state index is 0.0788. The van der Waals surface area contributed by atoms with Crippen LogP contribution in [0.1, 0.15) is 25.0 Å². The lowest BCUT2D eigenvalue weighted by atomic mass is 9.81. The molecule has 0 atom stereocenters. The van der Waals surface area contributed by atoms with Crippen LogP contribution in [0.2, 0.25) is 0 Å². The molecule has 0 radical (unpaired) electrons. The smallest absolute Gasteiger partial charge is 0.145 e. The molecule has 11 rings (SSSR count). The number of benzene rings is 9. The summed E-state index contributed by atoms with van der Waals surface area (Å²) in [6.07, 6.45) is 0. The highest BCUT2D eigenvalue weighted by atomic mass is 15.1. The molecule has 0 N–H and O–H groups in total. The standard InChI is InChI=1S/C50H34N2/c1-50(2)43-27-21-36(31-17-23-38(24-18-31)52-46-14-7-6-13-45(46)51-49(52)35-9-4-3-5-10-35)29-41(43)42-30-37(22-28-44(42)50)39-25-19-34-16-15-32-11-8-12-33-20-26-40(39)48(34)47(32)33/h3-30H,1-2H3. The maximum atomic E-state index is 5.04. The lowest BCUT2D eigenvalue weighted by Gasteiger charge is -2.22. The average molecular weight is 663 g/mol. The second kappa shape index (κ2) is 10.7. The maximum absolute atomic E-state index is 5.04. The Hall–Kier alpha value is -6.51. The molecule has 0 saturated carbocycles. The van der Waals surface area contributed by atoms with Gasteiger partial charge in [0, 0.05) is 16.7 Å². The number of hydrogen-bond donors (Lipinski definition) is 0. The summed E-state index contributed by atoms with van der Waals surface area (Å²) in [4.78, 5) is 5.04. The van der Waals surface area contributed by atoms with E-state index in [1.807, 2.05) is 0 Å². The summed E-state index contributed by atoms with van der Waals surface area (Å²) in [7, 11) is 0. The molecule has 10 aromatic rings. The second-order valence-electron chi connectivity index (χ2n) is 14.8. The number of hydrogen-bond acceptors (Lipinski definition) is 1. The molecule has 0 unspecified atom stereocenters. The zero-order valence-corrected chi connectivity index (χ0v) is 29.1. The van der Waals surface area contributed by atoms with Crippen molar-refractivity contribution in [2.75, 3.05) is 0 Å². The van der Waals surface area contributed by atoms with Crippen molar-refractivity contribution >= 4 is 43.4 Å². The van der Waals surface area contributed by atoms with Gasteiger partial charge >= 0.3 is 0 Å². The molecule has 9 aromatic carbocycles. The molecule has 2 heteroatoms. The van der Waals surface area contributed by atoms with Crippen LogP contribution in [0.25, 0.3) is 93.8 Å². The van der Waals surface area contributed by atoms with Crippen LogP contribution in [0.15, 0.2) is 170 Å². The van der Waals surface area contributed by atoms with E-state index >= 15 is 0 Å². The number of rotatable bonds is 4. The normalized spacial score (nSPS) is 13.3. The minimum Gasteiger partial charge on any atom is -0.292 e. The van der Waals surface area contributed by atoms with E-state index in [1.54, 1.807) is 0 Å². The molecule has 0 saturated heterocycles. The SMILES string of the molecule is CC1(C)c2ccc(-c3ccc(-n4c(-c5ccccc5)nc5ccccc54)cc3)cc2-c2cc(-c3ccc4ccc5cccc6ccc3c4c56)ccc21. The predicted octanol–water partition coefficient (Wildman–Crippen LogP) is 13.2. The Morgan fingerprint density at radius 1 is 0.442 bits per heavy atom. The molecule has 0 amide bonds. The third-order valence-corrected chi connectivity index (χ3v) is 11.6. The third kappa shape index (κ3) is 4.15.